The van der Waals surface area contributed by atoms with Crippen LogP contribution in [0.2, 0.25) is 0 Å². The summed E-state index contributed by atoms with van der Waals surface area (Å²) in [5.41, 5.74) is 3.59. The molecule has 0 spiro atoms. The van der Waals surface area contributed by atoms with E-state index in [4.69, 9.17) is 4.74 Å². The van der Waals surface area contributed by atoms with E-state index in [0.29, 0.717) is 0 Å². The number of amides is 1. The van der Waals surface area contributed by atoms with Crippen molar-refractivity contribution < 1.29 is 22.7 Å². The number of pyridine rings is 1. The van der Waals surface area contributed by atoms with E-state index in [1.165, 1.54) is 12.1 Å². The van der Waals surface area contributed by atoms with E-state index in [-0.39, 0.29) is 31.2 Å². The molecule has 7 heteroatoms. The van der Waals surface area contributed by atoms with Gasteiger partial charge in [0.05, 0.1) is 0 Å². The first-order valence-corrected chi connectivity index (χ1v) is 10.1. The number of rotatable bonds is 4. The van der Waals surface area contributed by atoms with Gasteiger partial charge in [-0.1, -0.05) is 60.5 Å². The third-order valence-corrected chi connectivity index (χ3v) is 5.12. The zero-order valence-corrected chi connectivity index (χ0v) is 16.9. The molecule has 0 atom stereocenters. The first-order valence-electron chi connectivity index (χ1n) is 10.1. The van der Waals surface area contributed by atoms with E-state index in [0.717, 1.165) is 28.3 Å². The highest BCUT2D eigenvalue weighted by Crippen LogP contribution is 2.44. The highest BCUT2D eigenvalue weighted by molar-refractivity contribution is 5.79. The summed E-state index contributed by atoms with van der Waals surface area (Å²) in [6.07, 6.45) is -4.82. The van der Waals surface area contributed by atoms with Crippen molar-refractivity contribution in [3.05, 3.63) is 89.2 Å². The Morgan fingerprint density at radius 2 is 1.62 bits per heavy atom. The zero-order valence-electron chi connectivity index (χ0n) is 16.9. The van der Waals surface area contributed by atoms with Crippen LogP contribution in [0.5, 0.6) is 0 Å². The maximum atomic E-state index is 12.7. The third kappa shape index (κ3) is 4.75. The molecule has 1 aromatic heterocycles. The molecule has 0 fully saturated rings. The molecule has 32 heavy (non-hydrogen) atoms. The molecule has 0 aliphatic heterocycles. The normalized spacial score (nSPS) is 12.3. The smallest absolute Gasteiger partial charge is 0.433 e. The second-order valence-electron chi connectivity index (χ2n) is 7.21. The molecule has 2 aromatic carbocycles. The highest BCUT2D eigenvalue weighted by atomic mass is 19.4. The Kier molecular flexibility index (Phi) is 6.13. The number of ether oxygens (including phenoxy) is 1. The van der Waals surface area contributed by atoms with Gasteiger partial charge < -0.3 is 10.1 Å². The average Bonchev–Trinajstić information content (AvgIpc) is 3.11. The van der Waals surface area contributed by atoms with Crippen LogP contribution in [0.3, 0.4) is 0 Å². The summed E-state index contributed by atoms with van der Waals surface area (Å²) in [6, 6.07) is 19.7. The van der Waals surface area contributed by atoms with Gasteiger partial charge in [-0.05, 0) is 40.3 Å². The van der Waals surface area contributed by atoms with Gasteiger partial charge in [0, 0.05) is 18.9 Å². The lowest BCUT2D eigenvalue weighted by atomic mass is 9.98. The van der Waals surface area contributed by atoms with E-state index in [2.05, 4.69) is 34.3 Å². The number of nitrogens with zero attached hydrogens (tertiary/aromatic N) is 1. The highest BCUT2D eigenvalue weighted by Gasteiger charge is 2.32. The molecule has 0 saturated heterocycles. The van der Waals surface area contributed by atoms with E-state index in [1.807, 2.05) is 36.4 Å². The van der Waals surface area contributed by atoms with Crippen LogP contribution >= 0.6 is 0 Å². The summed E-state index contributed by atoms with van der Waals surface area (Å²) in [7, 11) is 0. The molecule has 3 aromatic rings. The second-order valence-corrected chi connectivity index (χ2v) is 7.21. The summed E-state index contributed by atoms with van der Waals surface area (Å²) < 4.78 is 43.5. The Labute approximate surface area is 183 Å². The van der Waals surface area contributed by atoms with Crippen LogP contribution in [0.15, 0.2) is 66.7 Å². The lowest BCUT2D eigenvalue weighted by molar-refractivity contribution is -0.141. The summed E-state index contributed by atoms with van der Waals surface area (Å²) in [5.74, 6) is 5.26. The standard InChI is InChI=1S/C25H19F3N2O2/c26-25(27,28)23-14-7-9-17(30-23)8-5-6-15-29-24(31)32-16-22-20-12-3-1-10-18(20)19-11-2-4-13-21(19)22/h1-4,7,9-14,22H,6,15-16H2,(H,29,31). The van der Waals surface area contributed by atoms with Gasteiger partial charge in [0.2, 0.25) is 0 Å². The van der Waals surface area contributed by atoms with E-state index < -0.39 is 18.0 Å². The lowest BCUT2D eigenvalue weighted by Gasteiger charge is -2.14. The number of hydrogen-bond donors (Lipinski definition) is 1. The topological polar surface area (TPSA) is 51.2 Å². The number of alkyl halides is 3. The van der Waals surface area contributed by atoms with Crippen LogP contribution in [0.25, 0.3) is 11.1 Å². The van der Waals surface area contributed by atoms with Crippen molar-refractivity contribution in [3.8, 4) is 23.0 Å². The molecule has 4 nitrogen and oxygen atoms in total. The van der Waals surface area contributed by atoms with E-state index >= 15 is 0 Å². The molecule has 0 saturated carbocycles. The fourth-order valence-electron chi connectivity index (χ4n) is 3.69. The summed E-state index contributed by atoms with van der Waals surface area (Å²) in [4.78, 5) is 15.6. The maximum absolute atomic E-state index is 12.7. The first kappa shape index (κ1) is 21.4. The molecule has 1 amide bonds. The maximum Gasteiger partial charge on any atom is 0.433 e. The van der Waals surface area contributed by atoms with Crippen LogP contribution in [0.4, 0.5) is 18.0 Å². The van der Waals surface area contributed by atoms with Gasteiger partial charge in [-0.2, -0.15) is 13.2 Å². The molecular weight excluding hydrogens is 417 g/mol. The lowest BCUT2D eigenvalue weighted by Crippen LogP contribution is -2.26. The monoisotopic (exact) mass is 436 g/mol. The minimum Gasteiger partial charge on any atom is -0.449 e. The Hall–Kier alpha value is -3.79. The number of hydrogen-bond acceptors (Lipinski definition) is 3. The van der Waals surface area contributed by atoms with Crippen molar-refractivity contribution in [2.75, 3.05) is 13.2 Å². The molecule has 0 radical (unpaired) electrons. The summed E-state index contributed by atoms with van der Waals surface area (Å²) >= 11 is 0. The molecule has 162 valence electrons. The van der Waals surface area contributed by atoms with Crippen molar-refractivity contribution in [1.29, 1.82) is 0 Å². The van der Waals surface area contributed by atoms with Crippen molar-refractivity contribution in [2.45, 2.75) is 18.5 Å². The summed E-state index contributed by atoms with van der Waals surface area (Å²) in [5, 5.41) is 2.61. The van der Waals surface area contributed by atoms with Crippen molar-refractivity contribution >= 4 is 6.09 Å². The predicted octanol–water partition coefficient (Wildman–Crippen LogP) is 5.38. The van der Waals surface area contributed by atoms with Crippen molar-refractivity contribution in [2.24, 2.45) is 0 Å². The second kappa shape index (κ2) is 9.15. The molecule has 4 rings (SSSR count). The van der Waals surface area contributed by atoms with Gasteiger partial charge in [-0.15, -0.1) is 0 Å². The molecule has 0 bridgehead atoms. The largest absolute Gasteiger partial charge is 0.449 e. The number of benzene rings is 2. The molecule has 1 N–H and O–H groups in total. The van der Waals surface area contributed by atoms with E-state index in [1.54, 1.807) is 0 Å². The number of alkyl carbamates (subject to hydrolysis) is 1. The number of nitrogens with one attached hydrogen (secondary N) is 1. The predicted molar refractivity (Wildman–Crippen MR) is 114 cm³/mol. The SMILES string of the molecule is O=C(NCCC#Cc1cccc(C(F)(F)F)n1)OCC1c2ccccc2-c2ccccc21. The molecule has 0 unspecified atom stereocenters. The fourth-order valence-corrected chi connectivity index (χ4v) is 3.69. The molecule has 1 heterocycles. The van der Waals surface area contributed by atoms with Gasteiger partial charge >= 0.3 is 12.3 Å². The number of aromatic nitrogens is 1. The number of carbonyl (C=O) groups is 1. The first-order chi connectivity index (χ1) is 15.4. The van der Waals surface area contributed by atoms with Crippen LogP contribution < -0.4 is 5.32 Å². The Balaban J connectivity index is 1.28. The van der Waals surface area contributed by atoms with Crippen LogP contribution in [-0.2, 0) is 10.9 Å². The quantitative estimate of drug-likeness (QED) is 0.441. The Bertz CT molecular complexity index is 1150. The average molecular weight is 436 g/mol. The van der Waals surface area contributed by atoms with E-state index in [9.17, 15) is 18.0 Å². The molecule has 1 aliphatic rings. The Morgan fingerprint density at radius 3 is 2.28 bits per heavy atom. The van der Waals surface area contributed by atoms with Gasteiger partial charge in [-0.3, -0.25) is 0 Å². The minimum absolute atomic E-state index is 0.0278. The number of carbonyl (C=O) groups excluding carboxylic acids is 1. The number of halogens is 3. The molecule has 1 aliphatic carbocycles. The number of fused-ring (bicyclic) bond motifs is 3. The van der Waals surface area contributed by atoms with Crippen molar-refractivity contribution in [3.63, 3.8) is 0 Å². The van der Waals surface area contributed by atoms with Crippen LogP contribution in [-0.4, -0.2) is 24.2 Å². The van der Waals surface area contributed by atoms with Gasteiger partial charge in [-0.25, -0.2) is 9.78 Å². The Morgan fingerprint density at radius 1 is 0.969 bits per heavy atom. The van der Waals surface area contributed by atoms with Gasteiger partial charge in [0.15, 0.2) is 0 Å². The van der Waals surface area contributed by atoms with Crippen molar-refractivity contribution in [1.82, 2.24) is 10.3 Å². The zero-order chi connectivity index (χ0) is 22.6. The third-order valence-electron chi connectivity index (χ3n) is 5.12. The van der Waals surface area contributed by atoms with Gasteiger partial charge in [0.25, 0.3) is 0 Å². The van der Waals surface area contributed by atoms with Crippen LogP contribution in [0.1, 0.15) is 34.9 Å². The molecular formula is C25H19F3N2O2. The van der Waals surface area contributed by atoms with Gasteiger partial charge in [0.1, 0.15) is 18.0 Å². The summed E-state index contributed by atoms with van der Waals surface area (Å²) in [6.45, 7) is 0.419. The minimum atomic E-state index is -4.51. The van der Waals surface area contributed by atoms with Crippen LogP contribution in [0, 0.1) is 11.8 Å². The fraction of sp³-hybridized carbons (Fsp3) is 0.200.